The molecule has 1 atom stereocenters. The highest BCUT2D eigenvalue weighted by Gasteiger charge is 2.16. The van der Waals surface area contributed by atoms with Gasteiger partial charge in [-0.15, -0.1) is 0 Å². The number of aromatic nitrogens is 2. The van der Waals surface area contributed by atoms with Gasteiger partial charge in [-0.05, 0) is 19.8 Å². The van der Waals surface area contributed by atoms with Gasteiger partial charge in [-0.3, -0.25) is 4.79 Å². The van der Waals surface area contributed by atoms with Crippen molar-refractivity contribution >= 4 is 5.91 Å². The molecule has 1 unspecified atom stereocenters. The monoisotopic (exact) mass is 266 g/mol. The smallest absolute Gasteiger partial charge is 0.224 e. The molecule has 1 heterocycles. The summed E-state index contributed by atoms with van der Waals surface area (Å²) in [5, 5.41) is 0. The van der Waals surface area contributed by atoms with Crippen molar-refractivity contribution in [2.75, 3.05) is 13.1 Å². The molecule has 1 aromatic rings. The average molecular weight is 266 g/mol. The quantitative estimate of drug-likeness (QED) is 0.818. The molecule has 0 saturated heterocycles. The molecule has 0 fully saturated rings. The van der Waals surface area contributed by atoms with Crippen LogP contribution in [0, 0.1) is 5.92 Å². The lowest BCUT2D eigenvalue weighted by Crippen LogP contribution is -2.31. The zero-order valence-electron chi connectivity index (χ0n) is 12.5. The normalized spacial score (nSPS) is 12.7. The lowest BCUT2D eigenvalue weighted by Gasteiger charge is -2.20. The van der Waals surface area contributed by atoms with Crippen LogP contribution in [0.15, 0.2) is 12.5 Å². The van der Waals surface area contributed by atoms with E-state index < -0.39 is 0 Å². The second-order valence-electron chi connectivity index (χ2n) is 5.10. The molecule has 0 saturated carbocycles. The maximum atomic E-state index is 12.0. The summed E-state index contributed by atoms with van der Waals surface area (Å²) in [4.78, 5) is 18.0. The number of imidazole rings is 1. The van der Waals surface area contributed by atoms with Crippen molar-refractivity contribution in [3.63, 3.8) is 0 Å². The van der Waals surface area contributed by atoms with Crippen LogP contribution in [0.4, 0.5) is 0 Å². The van der Waals surface area contributed by atoms with Crippen LogP contribution in [0.1, 0.15) is 45.9 Å². The molecule has 5 nitrogen and oxygen atoms in total. The number of hydrogen-bond acceptors (Lipinski definition) is 3. The Hall–Kier alpha value is -1.36. The zero-order valence-corrected chi connectivity index (χ0v) is 12.5. The molecule has 0 aliphatic heterocycles. The summed E-state index contributed by atoms with van der Waals surface area (Å²) in [5.74, 6) is 0.539. The molecule has 0 aliphatic carbocycles. The van der Waals surface area contributed by atoms with Crippen molar-refractivity contribution in [2.24, 2.45) is 11.7 Å². The van der Waals surface area contributed by atoms with Crippen molar-refractivity contribution in [2.45, 2.75) is 46.7 Å². The van der Waals surface area contributed by atoms with E-state index in [0.29, 0.717) is 18.9 Å². The summed E-state index contributed by atoms with van der Waals surface area (Å²) >= 11 is 0. The standard InChI is InChI=1S/C14H26N4O/c1-5-17(6-2)13(19)7-8-18-10-16-9-12(18)14(15)11(3)4/h9-11,14H,5-8,15H2,1-4H3. The number of aryl methyl sites for hydroxylation is 1. The lowest BCUT2D eigenvalue weighted by molar-refractivity contribution is -0.131. The Morgan fingerprint density at radius 1 is 1.42 bits per heavy atom. The molecule has 108 valence electrons. The molecule has 19 heavy (non-hydrogen) atoms. The first-order valence-corrected chi connectivity index (χ1v) is 7.04. The summed E-state index contributed by atoms with van der Waals surface area (Å²) in [7, 11) is 0. The van der Waals surface area contributed by atoms with Gasteiger partial charge in [-0.1, -0.05) is 13.8 Å². The number of nitrogens with two attached hydrogens (primary N) is 1. The lowest BCUT2D eigenvalue weighted by atomic mass is 10.0. The molecular formula is C14H26N4O. The fourth-order valence-corrected chi connectivity index (χ4v) is 2.09. The second-order valence-corrected chi connectivity index (χ2v) is 5.10. The Bertz CT molecular complexity index is 396. The molecular weight excluding hydrogens is 240 g/mol. The molecule has 5 heteroatoms. The Balaban J connectivity index is 2.64. The molecule has 0 radical (unpaired) electrons. The van der Waals surface area contributed by atoms with Crippen LogP contribution < -0.4 is 5.73 Å². The first-order chi connectivity index (χ1) is 9.01. The van der Waals surface area contributed by atoms with Gasteiger partial charge in [-0.2, -0.15) is 0 Å². The predicted molar refractivity (Wildman–Crippen MR) is 76.5 cm³/mol. The maximum absolute atomic E-state index is 12.0. The number of nitrogens with zero attached hydrogens (tertiary/aromatic N) is 3. The summed E-state index contributed by atoms with van der Waals surface area (Å²) in [6.07, 6.45) is 4.05. The number of carbonyl (C=O) groups is 1. The fraction of sp³-hybridized carbons (Fsp3) is 0.714. The van der Waals surface area contributed by atoms with Crippen LogP contribution in [0.5, 0.6) is 0 Å². The van der Waals surface area contributed by atoms with Crippen molar-refractivity contribution in [3.8, 4) is 0 Å². The molecule has 1 amide bonds. The van der Waals surface area contributed by atoms with Crippen molar-refractivity contribution in [3.05, 3.63) is 18.2 Å². The van der Waals surface area contributed by atoms with Crippen LogP contribution in [-0.2, 0) is 11.3 Å². The minimum atomic E-state index is -0.0361. The second kappa shape index (κ2) is 7.28. The fourth-order valence-electron chi connectivity index (χ4n) is 2.09. The van der Waals surface area contributed by atoms with E-state index in [1.807, 2.05) is 23.3 Å². The average Bonchev–Trinajstić information content (AvgIpc) is 2.84. The third-order valence-electron chi connectivity index (χ3n) is 3.49. The number of rotatable bonds is 7. The first-order valence-electron chi connectivity index (χ1n) is 7.04. The van der Waals surface area contributed by atoms with Gasteiger partial charge in [0.25, 0.3) is 0 Å². The Morgan fingerprint density at radius 2 is 2.05 bits per heavy atom. The number of hydrogen-bond donors (Lipinski definition) is 1. The largest absolute Gasteiger partial charge is 0.343 e. The van der Waals surface area contributed by atoms with Gasteiger partial charge in [0.1, 0.15) is 0 Å². The topological polar surface area (TPSA) is 64.2 Å². The van der Waals surface area contributed by atoms with E-state index in [0.717, 1.165) is 18.8 Å². The highest BCUT2D eigenvalue weighted by atomic mass is 16.2. The Labute approximate surface area is 115 Å². The van der Waals surface area contributed by atoms with Gasteiger partial charge in [0, 0.05) is 38.3 Å². The van der Waals surface area contributed by atoms with E-state index in [2.05, 4.69) is 18.8 Å². The molecule has 0 spiro atoms. The Morgan fingerprint density at radius 3 is 2.58 bits per heavy atom. The predicted octanol–water partition coefficient (Wildman–Crippen LogP) is 1.80. The maximum Gasteiger partial charge on any atom is 0.224 e. The summed E-state index contributed by atoms with van der Waals surface area (Å²) in [5.41, 5.74) is 7.15. The number of amides is 1. The zero-order chi connectivity index (χ0) is 14.4. The highest BCUT2D eigenvalue weighted by molar-refractivity contribution is 5.76. The van der Waals surface area contributed by atoms with E-state index in [1.165, 1.54) is 0 Å². The highest BCUT2D eigenvalue weighted by Crippen LogP contribution is 2.18. The third kappa shape index (κ3) is 4.06. The van der Waals surface area contributed by atoms with Crippen molar-refractivity contribution in [1.29, 1.82) is 0 Å². The first kappa shape index (κ1) is 15.7. The summed E-state index contributed by atoms with van der Waals surface area (Å²) in [6.45, 7) is 10.3. The number of carbonyl (C=O) groups excluding carboxylic acids is 1. The Kier molecular flexibility index (Phi) is 6.02. The minimum Gasteiger partial charge on any atom is -0.343 e. The van der Waals surface area contributed by atoms with Crippen LogP contribution in [0.25, 0.3) is 0 Å². The summed E-state index contributed by atoms with van der Waals surface area (Å²) in [6, 6.07) is -0.0361. The van der Waals surface area contributed by atoms with E-state index >= 15 is 0 Å². The SMILES string of the molecule is CCN(CC)C(=O)CCn1cncc1C(N)C(C)C. The summed E-state index contributed by atoms with van der Waals surface area (Å²) < 4.78 is 1.99. The third-order valence-corrected chi connectivity index (χ3v) is 3.49. The van der Waals surface area contributed by atoms with Gasteiger partial charge < -0.3 is 15.2 Å². The van der Waals surface area contributed by atoms with Gasteiger partial charge in [0.2, 0.25) is 5.91 Å². The van der Waals surface area contributed by atoms with Gasteiger partial charge in [0.15, 0.2) is 0 Å². The molecule has 0 aromatic carbocycles. The van der Waals surface area contributed by atoms with Crippen LogP contribution in [-0.4, -0.2) is 33.4 Å². The minimum absolute atomic E-state index is 0.0361. The van der Waals surface area contributed by atoms with Crippen molar-refractivity contribution in [1.82, 2.24) is 14.5 Å². The van der Waals surface area contributed by atoms with Gasteiger partial charge >= 0.3 is 0 Å². The van der Waals surface area contributed by atoms with E-state index in [1.54, 1.807) is 12.5 Å². The molecule has 0 aliphatic rings. The van der Waals surface area contributed by atoms with E-state index in [4.69, 9.17) is 5.73 Å². The van der Waals surface area contributed by atoms with Gasteiger partial charge in [0.05, 0.1) is 12.0 Å². The molecule has 1 rings (SSSR count). The van der Waals surface area contributed by atoms with Gasteiger partial charge in [-0.25, -0.2) is 4.98 Å². The van der Waals surface area contributed by atoms with Crippen LogP contribution in [0.2, 0.25) is 0 Å². The molecule has 2 N–H and O–H groups in total. The van der Waals surface area contributed by atoms with E-state index in [9.17, 15) is 4.79 Å². The van der Waals surface area contributed by atoms with E-state index in [-0.39, 0.29) is 11.9 Å². The van der Waals surface area contributed by atoms with Crippen molar-refractivity contribution < 1.29 is 4.79 Å². The molecule has 0 bridgehead atoms. The molecule has 1 aromatic heterocycles. The van der Waals surface area contributed by atoms with Crippen LogP contribution in [0.3, 0.4) is 0 Å². The van der Waals surface area contributed by atoms with Crippen LogP contribution >= 0.6 is 0 Å².